The Labute approximate surface area is 141 Å². The Balaban J connectivity index is 1.53. The number of aromatic nitrogens is 4. The molecule has 1 fully saturated rings. The van der Waals surface area contributed by atoms with Gasteiger partial charge in [0.05, 0.1) is 17.6 Å². The summed E-state index contributed by atoms with van der Waals surface area (Å²) in [6, 6.07) is 1.86. The summed E-state index contributed by atoms with van der Waals surface area (Å²) in [5.74, 6) is -0.119. The first-order valence-electron chi connectivity index (χ1n) is 7.94. The normalized spacial score (nSPS) is 17.6. The third kappa shape index (κ3) is 4.00. The van der Waals surface area contributed by atoms with Gasteiger partial charge >= 0.3 is 0 Å². The topological polar surface area (TPSA) is 97.4 Å². The van der Waals surface area contributed by atoms with Crippen LogP contribution in [0, 0.1) is 0 Å². The fourth-order valence-corrected chi connectivity index (χ4v) is 4.05. The van der Waals surface area contributed by atoms with Crippen molar-refractivity contribution in [3.63, 3.8) is 0 Å². The van der Waals surface area contributed by atoms with Gasteiger partial charge < -0.3 is 4.52 Å². The van der Waals surface area contributed by atoms with Gasteiger partial charge in [0.2, 0.25) is 10.0 Å². The molecule has 0 bridgehead atoms. The summed E-state index contributed by atoms with van der Waals surface area (Å²) in [4.78, 5) is 2.19. The van der Waals surface area contributed by atoms with Gasteiger partial charge in [-0.05, 0) is 13.8 Å². The largest absolute Gasteiger partial charge is 0.364 e. The lowest BCUT2D eigenvalue weighted by Gasteiger charge is -2.33. The second-order valence-electron chi connectivity index (χ2n) is 6.21. The Morgan fingerprint density at radius 2 is 1.96 bits per heavy atom. The van der Waals surface area contributed by atoms with Gasteiger partial charge in [-0.2, -0.15) is 4.31 Å². The van der Waals surface area contributed by atoms with Gasteiger partial charge in [-0.1, -0.05) is 10.4 Å². The molecule has 0 radical (unpaired) electrons. The van der Waals surface area contributed by atoms with Crippen LogP contribution in [0.5, 0.6) is 0 Å². The van der Waals surface area contributed by atoms with Gasteiger partial charge in [0.1, 0.15) is 12.0 Å². The van der Waals surface area contributed by atoms with Crippen molar-refractivity contribution in [1.82, 2.24) is 29.4 Å². The Bertz CT molecular complexity index is 747. The predicted molar refractivity (Wildman–Crippen MR) is 86.4 cm³/mol. The lowest BCUT2D eigenvalue weighted by Crippen LogP contribution is -2.48. The monoisotopic (exact) mass is 354 g/mol. The minimum absolute atomic E-state index is 0.119. The van der Waals surface area contributed by atoms with Crippen LogP contribution in [0.2, 0.25) is 0 Å². The number of hydrogen-bond acceptors (Lipinski definition) is 7. The highest BCUT2D eigenvalue weighted by molar-refractivity contribution is 7.88. The van der Waals surface area contributed by atoms with E-state index in [2.05, 4.69) is 34.2 Å². The van der Waals surface area contributed by atoms with Crippen molar-refractivity contribution in [2.45, 2.75) is 32.2 Å². The molecule has 3 heterocycles. The van der Waals surface area contributed by atoms with Crippen LogP contribution in [0.4, 0.5) is 0 Å². The highest BCUT2D eigenvalue weighted by atomic mass is 32.2. The van der Waals surface area contributed by atoms with E-state index in [0.29, 0.717) is 38.4 Å². The van der Waals surface area contributed by atoms with Gasteiger partial charge in [-0.15, -0.1) is 5.10 Å². The molecule has 0 aromatic carbocycles. The minimum atomic E-state index is -3.36. The average molecular weight is 354 g/mol. The summed E-state index contributed by atoms with van der Waals surface area (Å²) < 4.78 is 32.8. The number of hydrogen-bond donors (Lipinski definition) is 0. The van der Waals surface area contributed by atoms with Crippen molar-refractivity contribution in [3.05, 3.63) is 29.9 Å². The van der Waals surface area contributed by atoms with Crippen LogP contribution in [0.3, 0.4) is 0 Å². The Morgan fingerprint density at radius 3 is 2.54 bits per heavy atom. The quantitative estimate of drug-likeness (QED) is 0.745. The lowest BCUT2D eigenvalue weighted by atomic mass is 10.3. The SMILES string of the molecule is CC(C)n1cc(CN2CCN(S(=O)(=O)Cc3ccon3)CC2)nn1. The second kappa shape index (κ2) is 6.99. The van der Waals surface area contributed by atoms with Crippen LogP contribution in [0.15, 0.2) is 23.0 Å². The van der Waals surface area contributed by atoms with Crippen LogP contribution in [-0.4, -0.2) is 64.0 Å². The van der Waals surface area contributed by atoms with E-state index in [9.17, 15) is 8.42 Å². The number of sulfonamides is 1. The molecule has 0 unspecified atom stereocenters. The van der Waals surface area contributed by atoms with E-state index in [1.165, 1.54) is 10.6 Å². The van der Waals surface area contributed by atoms with Crippen LogP contribution in [0.25, 0.3) is 0 Å². The highest BCUT2D eigenvalue weighted by Crippen LogP contribution is 2.14. The van der Waals surface area contributed by atoms with Crippen molar-refractivity contribution >= 4 is 10.0 Å². The second-order valence-corrected chi connectivity index (χ2v) is 8.17. The molecule has 3 rings (SSSR count). The summed E-state index contributed by atoms with van der Waals surface area (Å²) in [5.41, 5.74) is 1.34. The van der Waals surface area contributed by atoms with Crippen molar-refractivity contribution in [1.29, 1.82) is 0 Å². The summed E-state index contributed by atoms with van der Waals surface area (Å²) in [7, 11) is -3.36. The van der Waals surface area contributed by atoms with Crippen LogP contribution >= 0.6 is 0 Å². The molecule has 0 saturated carbocycles. The van der Waals surface area contributed by atoms with E-state index >= 15 is 0 Å². The van der Waals surface area contributed by atoms with Gasteiger partial charge in [-0.3, -0.25) is 4.90 Å². The molecule has 2 aromatic heterocycles. The van der Waals surface area contributed by atoms with Crippen molar-refractivity contribution in [2.75, 3.05) is 26.2 Å². The van der Waals surface area contributed by atoms with E-state index in [1.807, 2.05) is 10.9 Å². The zero-order valence-corrected chi connectivity index (χ0v) is 14.7. The molecule has 0 aliphatic carbocycles. The average Bonchev–Trinajstić information content (AvgIpc) is 3.19. The van der Waals surface area contributed by atoms with Crippen molar-refractivity contribution < 1.29 is 12.9 Å². The van der Waals surface area contributed by atoms with Gasteiger partial charge in [-0.25, -0.2) is 13.1 Å². The molecule has 1 aliphatic heterocycles. The van der Waals surface area contributed by atoms with Crippen LogP contribution in [-0.2, 0) is 22.3 Å². The predicted octanol–water partition coefficient (Wildman–Crippen LogP) is 0.495. The molecule has 0 amide bonds. The first kappa shape index (κ1) is 17.1. The van der Waals surface area contributed by atoms with Crippen LogP contribution < -0.4 is 0 Å². The zero-order valence-electron chi connectivity index (χ0n) is 13.9. The number of piperazine rings is 1. The molecule has 0 N–H and O–H groups in total. The number of rotatable bonds is 6. The zero-order chi connectivity index (χ0) is 17.2. The molecular formula is C14H22N6O3S. The first-order valence-corrected chi connectivity index (χ1v) is 9.55. The fraction of sp³-hybridized carbons (Fsp3) is 0.643. The smallest absolute Gasteiger partial charge is 0.220 e. The molecule has 10 heteroatoms. The molecule has 24 heavy (non-hydrogen) atoms. The number of nitrogens with zero attached hydrogens (tertiary/aromatic N) is 6. The van der Waals surface area contributed by atoms with Crippen LogP contribution in [0.1, 0.15) is 31.3 Å². The Morgan fingerprint density at radius 1 is 1.21 bits per heavy atom. The van der Waals surface area contributed by atoms with E-state index in [4.69, 9.17) is 4.52 Å². The summed E-state index contributed by atoms with van der Waals surface area (Å²) in [6.45, 7) is 7.08. The molecule has 9 nitrogen and oxygen atoms in total. The fourth-order valence-electron chi connectivity index (χ4n) is 2.62. The maximum atomic E-state index is 12.4. The Hall–Kier alpha value is -1.78. The van der Waals surface area contributed by atoms with Crippen molar-refractivity contribution in [3.8, 4) is 0 Å². The molecule has 132 valence electrons. The molecular weight excluding hydrogens is 332 g/mol. The third-order valence-electron chi connectivity index (χ3n) is 4.02. The standard InChI is InChI=1S/C14H22N6O3S/c1-12(2)20-10-14(15-17-20)9-18-4-6-19(7-5-18)24(21,22)11-13-3-8-23-16-13/h3,8,10,12H,4-7,9,11H2,1-2H3. The maximum Gasteiger partial charge on any atom is 0.220 e. The highest BCUT2D eigenvalue weighted by Gasteiger charge is 2.28. The van der Waals surface area contributed by atoms with Gasteiger partial charge in [0.25, 0.3) is 0 Å². The summed E-state index contributed by atoms with van der Waals surface area (Å²) in [5, 5.41) is 11.9. The molecule has 2 aromatic rings. The minimum Gasteiger partial charge on any atom is -0.364 e. The molecule has 0 spiro atoms. The first-order chi connectivity index (χ1) is 11.4. The summed E-state index contributed by atoms with van der Waals surface area (Å²) in [6.07, 6.45) is 3.32. The van der Waals surface area contributed by atoms with Crippen molar-refractivity contribution in [2.24, 2.45) is 0 Å². The van der Waals surface area contributed by atoms with E-state index in [0.717, 1.165) is 5.69 Å². The summed E-state index contributed by atoms with van der Waals surface area (Å²) >= 11 is 0. The van der Waals surface area contributed by atoms with E-state index in [-0.39, 0.29) is 11.8 Å². The van der Waals surface area contributed by atoms with Gasteiger partial charge in [0.15, 0.2) is 0 Å². The van der Waals surface area contributed by atoms with Gasteiger partial charge in [0, 0.05) is 44.8 Å². The third-order valence-corrected chi connectivity index (χ3v) is 5.83. The lowest BCUT2D eigenvalue weighted by molar-refractivity contribution is 0.179. The molecule has 1 saturated heterocycles. The molecule has 1 aliphatic rings. The Kier molecular flexibility index (Phi) is 4.97. The molecule has 0 atom stereocenters. The van der Waals surface area contributed by atoms with E-state index in [1.54, 1.807) is 6.07 Å². The maximum absolute atomic E-state index is 12.4. The van der Waals surface area contributed by atoms with E-state index < -0.39 is 10.0 Å².